The van der Waals surface area contributed by atoms with Gasteiger partial charge >= 0.3 is 5.97 Å². The standard InChI is InChI=1S/C12H19N3O2/c1-3-7-15(9-12(16)17-4-2)10-5-6-14-11(13)8-10/h5-6,8H,3-4,7,9H2,1-2H3,(H2,13,14). The first-order chi connectivity index (χ1) is 8.17. The fraction of sp³-hybridized carbons (Fsp3) is 0.500. The molecule has 1 aromatic rings. The summed E-state index contributed by atoms with van der Waals surface area (Å²) in [6.45, 7) is 5.28. The van der Waals surface area contributed by atoms with Crippen LogP contribution in [0.1, 0.15) is 20.3 Å². The van der Waals surface area contributed by atoms with Crippen LogP contribution in [0.5, 0.6) is 0 Å². The molecular weight excluding hydrogens is 218 g/mol. The molecule has 0 aliphatic carbocycles. The van der Waals surface area contributed by atoms with Crippen molar-refractivity contribution in [1.29, 1.82) is 0 Å². The Bertz CT molecular complexity index is 369. The van der Waals surface area contributed by atoms with E-state index in [4.69, 9.17) is 10.5 Å². The van der Waals surface area contributed by atoms with E-state index in [1.54, 1.807) is 19.2 Å². The van der Waals surface area contributed by atoms with Crippen LogP contribution in [0.4, 0.5) is 11.5 Å². The number of nitrogens with two attached hydrogens (primary N) is 1. The second-order valence-corrected chi connectivity index (χ2v) is 3.67. The summed E-state index contributed by atoms with van der Waals surface area (Å²) in [6, 6.07) is 3.60. The van der Waals surface area contributed by atoms with Gasteiger partial charge in [-0.25, -0.2) is 4.98 Å². The number of nitrogen functional groups attached to an aromatic ring is 1. The maximum Gasteiger partial charge on any atom is 0.325 e. The van der Waals surface area contributed by atoms with Gasteiger partial charge in [-0.05, 0) is 19.4 Å². The highest BCUT2D eigenvalue weighted by atomic mass is 16.5. The van der Waals surface area contributed by atoms with Crippen molar-refractivity contribution in [1.82, 2.24) is 4.98 Å². The molecule has 0 saturated heterocycles. The average molecular weight is 237 g/mol. The molecule has 0 bridgehead atoms. The zero-order chi connectivity index (χ0) is 12.7. The number of carbonyl (C=O) groups excluding carboxylic acids is 1. The molecular formula is C12H19N3O2. The Balaban J connectivity index is 2.74. The summed E-state index contributed by atoms with van der Waals surface area (Å²) >= 11 is 0. The van der Waals surface area contributed by atoms with Crippen LogP contribution in [-0.4, -0.2) is 30.6 Å². The van der Waals surface area contributed by atoms with Crippen molar-refractivity contribution in [2.75, 3.05) is 30.3 Å². The number of aromatic nitrogens is 1. The largest absolute Gasteiger partial charge is 0.465 e. The molecule has 0 aliphatic rings. The van der Waals surface area contributed by atoms with Gasteiger partial charge in [0.2, 0.25) is 0 Å². The molecule has 0 amide bonds. The number of hydrogen-bond donors (Lipinski definition) is 1. The van der Waals surface area contributed by atoms with Crippen molar-refractivity contribution >= 4 is 17.5 Å². The third-order valence-electron chi connectivity index (χ3n) is 2.25. The van der Waals surface area contributed by atoms with Crippen LogP contribution in [0.2, 0.25) is 0 Å². The lowest BCUT2D eigenvalue weighted by Crippen LogP contribution is -2.31. The number of ether oxygens (including phenoxy) is 1. The van der Waals surface area contributed by atoms with E-state index in [1.165, 1.54) is 0 Å². The molecule has 0 aromatic carbocycles. The molecule has 0 radical (unpaired) electrons. The lowest BCUT2D eigenvalue weighted by molar-refractivity contribution is -0.141. The third kappa shape index (κ3) is 4.30. The molecule has 1 aromatic heterocycles. The smallest absolute Gasteiger partial charge is 0.325 e. The predicted octanol–water partition coefficient (Wildman–Crippen LogP) is 1.44. The highest BCUT2D eigenvalue weighted by Crippen LogP contribution is 2.15. The number of pyridine rings is 1. The van der Waals surface area contributed by atoms with Crippen LogP contribution in [0, 0.1) is 0 Å². The van der Waals surface area contributed by atoms with Crippen molar-refractivity contribution in [3.8, 4) is 0 Å². The van der Waals surface area contributed by atoms with Gasteiger partial charge in [0.1, 0.15) is 12.4 Å². The third-order valence-corrected chi connectivity index (χ3v) is 2.25. The molecule has 0 fully saturated rings. The van der Waals surface area contributed by atoms with E-state index in [9.17, 15) is 4.79 Å². The Morgan fingerprint density at radius 1 is 1.53 bits per heavy atom. The zero-order valence-corrected chi connectivity index (χ0v) is 10.3. The minimum atomic E-state index is -0.226. The van der Waals surface area contributed by atoms with Crippen LogP contribution in [0.15, 0.2) is 18.3 Å². The Hall–Kier alpha value is -1.78. The van der Waals surface area contributed by atoms with E-state index in [0.29, 0.717) is 12.4 Å². The fourth-order valence-electron chi connectivity index (χ4n) is 1.57. The molecule has 0 saturated carbocycles. The maximum atomic E-state index is 11.5. The lowest BCUT2D eigenvalue weighted by atomic mass is 10.3. The van der Waals surface area contributed by atoms with E-state index in [-0.39, 0.29) is 12.5 Å². The Morgan fingerprint density at radius 2 is 2.29 bits per heavy atom. The second-order valence-electron chi connectivity index (χ2n) is 3.67. The van der Waals surface area contributed by atoms with Gasteiger partial charge in [-0.2, -0.15) is 0 Å². The van der Waals surface area contributed by atoms with E-state index in [2.05, 4.69) is 11.9 Å². The van der Waals surface area contributed by atoms with Gasteiger partial charge in [0.15, 0.2) is 0 Å². The molecule has 1 heterocycles. The molecule has 1 rings (SSSR count). The molecule has 2 N–H and O–H groups in total. The summed E-state index contributed by atoms with van der Waals surface area (Å²) < 4.78 is 4.94. The second kappa shape index (κ2) is 6.73. The lowest BCUT2D eigenvalue weighted by Gasteiger charge is -2.23. The summed E-state index contributed by atoms with van der Waals surface area (Å²) in [5.74, 6) is 0.226. The van der Waals surface area contributed by atoms with Crippen LogP contribution in [0.25, 0.3) is 0 Å². The fourth-order valence-corrected chi connectivity index (χ4v) is 1.57. The minimum Gasteiger partial charge on any atom is -0.465 e. The molecule has 5 nitrogen and oxygen atoms in total. The van der Waals surface area contributed by atoms with Crippen molar-refractivity contribution in [2.24, 2.45) is 0 Å². The first-order valence-corrected chi connectivity index (χ1v) is 5.79. The van der Waals surface area contributed by atoms with Gasteiger partial charge in [-0.3, -0.25) is 4.79 Å². The number of nitrogens with zero attached hydrogens (tertiary/aromatic N) is 2. The van der Waals surface area contributed by atoms with Crippen molar-refractivity contribution in [3.63, 3.8) is 0 Å². The number of carbonyl (C=O) groups is 1. The maximum absolute atomic E-state index is 11.5. The number of hydrogen-bond acceptors (Lipinski definition) is 5. The van der Waals surface area contributed by atoms with Crippen LogP contribution >= 0.6 is 0 Å². The van der Waals surface area contributed by atoms with Gasteiger partial charge < -0.3 is 15.4 Å². The molecule has 0 unspecified atom stereocenters. The number of rotatable bonds is 6. The Morgan fingerprint density at radius 3 is 2.88 bits per heavy atom. The predicted molar refractivity (Wildman–Crippen MR) is 67.8 cm³/mol. The molecule has 94 valence electrons. The first-order valence-electron chi connectivity index (χ1n) is 5.79. The van der Waals surface area contributed by atoms with E-state index < -0.39 is 0 Å². The van der Waals surface area contributed by atoms with Crippen LogP contribution in [-0.2, 0) is 9.53 Å². The first kappa shape index (κ1) is 13.3. The summed E-state index contributed by atoms with van der Waals surface area (Å²) in [7, 11) is 0. The molecule has 0 aliphatic heterocycles. The van der Waals surface area contributed by atoms with Gasteiger partial charge in [0, 0.05) is 24.5 Å². The highest BCUT2D eigenvalue weighted by Gasteiger charge is 2.11. The van der Waals surface area contributed by atoms with E-state index in [1.807, 2.05) is 11.0 Å². The SMILES string of the molecule is CCCN(CC(=O)OCC)c1ccnc(N)c1. The van der Waals surface area contributed by atoms with Crippen molar-refractivity contribution < 1.29 is 9.53 Å². The van der Waals surface area contributed by atoms with Gasteiger partial charge in [-0.1, -0.05) is 6.92 Å². The normalized spacial score (nSPS) is 10.0. The van der Waals surface area contributed by atoms with Gasteiger partial charge in [-0.15, -0.1) is 0 Å². The molecule has 0 spiro atoms. The number of esters is 1. The average Bonchev–Trinajstić information content (AvgIpc) is 2.29. The van der Waals surface area contributed by atoms with Crippen LogP contribution in [0.3, 0.4) is 0 Å². The van der Waals surface area contributed by atoms with Gasteiger partial charge in [0.05, 0.1) is 6.61 Å². The topological polar surface area (TPSA) is 68.5 Å². The summed E-state index contributed by atoms with van der Waals surface area (Å²) in [5.41, 5.74) is 6.52. The monoisotopic (exact) mass is 237 g/mol. The summed E-state index contributed by atoms with van der Waals surface area (Å²) in [5, 5.41) is 0. The van der Waals surface area contributed by atoms with E-state index >= 15 is 0 Å². The molecule has 17 heavy (non-hydrogen) atoms. The summed E-state index contributed by atoms with van der Waals surface area (Å²) in [4.78, 5) is 17.3. The number of anilines is 2. The highest BCUT2D eigenvalue weighted by molar-refractivity contribution is 5.76. The minimum absolute atomic E-state index is 0.226. The Labute approximate surface area is 102 Å². The van der Waals surface area contributed by atoms with Crippen molar-refractivity contribution in [3.05, 3.63) is 18.3 Å². The summed E-state index contributed by atoms with van der Waals surface area (Å²) in [6.07, 6.45) is 2.58. The molecule has 5 heteroatoms. The quantitative estimate of drug-likeness (QED) is 0.758. The zero-order valence-electron chi connectivity index (χ0n) is 10.3. The van der Waals surface area contributed by atoms with E-state index in [0.717, 1.165) is 18.7 Å². The van der Waals surface area contributed by atoms with Crippen molar-refractivity contribution in [2.45, 2.75) is 20.3 Å². The molecule has 0 atom stereocenters. The van der Waals surface area contributed by atoms with Crippen LogP contribution < -0.4 is 10.6 Å². The Kier molecular flexibility index (Phi) is 5.26. The van der Waals surface area contributed by atoms with Gasteiger partial charge in [0.25, 0.3) is 0 Å².